The molecule has 5 rings (SSSR count). The molecule has 0 amide bonds. The zero-order valence-electron chi connectivity index (χ0n) is 23.2. The van der Waals surface area contributed by atoms with Crippen LogP contribution < -0.4 is 14.4 Å². The Labute approximate surface area is 241 Å². The predicted molar refractivity (Wildman–Crippen MR) is 157 cm³/mol. The van der Waals surface area contributed by atoms with E-state index >= 15 is 8.78 Å². The number of hydrogen-bond acceptors (Lipinski definition) is 6. The first-order chi connectivity index (χ1) is 18.9. The predicted octanol–water partition coefficient (Wildman–Crippen LogP) is 7.91. The van der Waals surface area contributed by atoms with Gasteiger partial charge in [0.1, 0.15) is 24.0 Å². The third-order valence-electron chi connectivity index (χ3n) is 7.23. The molecule has 212 valence electrons. The molecule has 0 fully saturated rings. The zero-order valence-corrected chi connectivity index (χ0v) is 24.7. The summed E-state index contributed by atoms with van der Waals surface area (Å²) in [6.45, 7) is 10.1. The summed E-state index contributed by atoms with van der Waals surface area (Å²) in [6.07, 6.45) is 0.485. The molecule has 6 nitrogen and oxygen atoms in total. The van der Waals surface area contributed by atoms with Gasteiger partial charge in [0.25, 0.3) is 0 Å². The van der Waals surface area contributed by atoms with Gasteiger partial charge in [0, 0.05) is 40.6 Å². The first-order valence-electron chi connectivity index (χ1n) is 12.9. The SMILES string of the molecule is CSN1Cc2c(F)ccc(F)c2-c2c(C)c(-c3ccc4c(c3Cl)NCCO4)c([C@H](OC(C)(C)C)C(=O)O)c(C)c21. The minimum atomic E-state index is -1.36. The molecule has 3 aromatic rings. The summed E-state index contributed by atoms with van der Waals surface area (Å²) >= 11 is 8.35. The van der Waals surface area contributed by atoms with Gasteiger partial charge in [-0.05, 0) is 75.6 Å². The summed E-state index contributed by atoms with van der Waals surface area (Å²) in [5.41, 5.74) is 3.97. The van der Waals surface area contributed by atoms with Crippen LogP contribution >= 0.6 is 23.5 Å². The fourth-order valence-corrected chi connectivity index (χ4v) is 6.64. The minimum Gasteiger partial charge on any atom is -0.490 e. The summed E-state index contributed by atoms with van der Waals surface area (Å²) in [6, 6.07) is 5.83. The topological polar surface area (TPSA) is 71.0 Å². The van der Waals surface area contributed by atoms with Crippen molar-refractivity contribution in [1.29, 1.82) is 0 Å². The molecule has 0 radical (unpaired) electrons. The largest absolute Gasteiger partial charge is 0.490 e. The number of benzene rings is 3. The number of halogens is 3. The second-order valence-electron chi connectivity index (χ2n) is 10.9. The fraction of sp³-hybridized carbons (Fsp3) is 0.367. The lowest BCUT2D eigenvalue weighted by Crippen LogP contribution is -2.30. The fourth-order valence-electron chi connectivity index (χ4n) is 5.66. The average molecular weight is 589 g/mol. The van der Waals surface area contributed by atoms with Crippen LogP contribution in [0.25, 0.3) is 22.3 Å². The normalized spacial score (nSPS) is 15.0. The van der Waals surface area contributed by atoms with Gasteiger partial charge in [-0.2, -0.15) is 0 Å². The van der Waals surface area contributed by atoms with Gasteiger partial charge in [0.05, 0.1) is 28.5 Å². The molecule has 0 aromatic heterocycles. The van der Waals surface area contributed by atoms with E-state index in [1.54, 1.807) is 46.8 Å². The number of carboxylic acids is 1. The minimum absolute atomic E-state index is 0.116. The van der Waals surface area contributed by atoms with Crippen LogP contribution in [0, 0.1) is 25.5 Å². The van der Waals surface area contributed by atoms with Crippen LogP contribution in [0.5, 0.6) is 5.75 Å². The van der Waals surface area contributed by atoms with E-state index in [9.17, 15) is 9.90 Å². The van der Waals surface area contributed by atoms with Crippen LogP contribution in [-0.2, 0) is 16.1 Å². The lowest BCUT2D eigenvalue weighted by Gasteiger charge is -2.37. The quantitative estimate of drug-likeness (QED) is 0.293. The highest BCUT2D eigenvalue weighted by molar-refractivity contribution is 7.99. The highest BCUT2D eigenvalue weighted by Crippen LogP contribution is 2.54. The number of rotatable bonds is 5. The number of aliphatic carboxylic acids is 1. The van der Waals surface area contributed by atoms with E-state index < -0.39 is 29.3 Å². The Balaban J connectivity index is 1.95. The first-order valence-corrected chi connectivity index (χ1v) is 14.5. The summed E-state index contributed by atoms with van der Waals surface area (Å²) < 4.78 is 44.5. The van der Waals surface area contributed by atoms with E-state index in [4.69, 9.17) is 21.1 Å². The van der Waals surface area contributed by atoms with Gasteiger partial charge in [-0.25, -0.2) is 13.6 Å². The van der Waals surface area contributed by atoms with E-state index in [0.717, 1.165) is 12.1 Å². The Morgan fingerprint density at radius 2 is 1.82 bits per heavy atom. The van der Waals surface area contributed by atoms with Crippen LogP contribution in [0.1, 0.15) is 49.1 Å². The number of anilines is 2. The van der Waals surface area contributed by atoms with Gasteiger partial charge in [-0.3, -0.25) is 0 Å². The van der Waals surface area contributed by atoms with Crippen molar-refractivity contribution in [2.75, 3.05) is 29.0 Å². The second-order valence-corrected chi connectivity index (χ2v) is 12.1. The van der Waals surface area contributed by atoms with E-state index in [0.29, 0.717) is 68.7 Å². The summed E-state index contributed by atoms with van der Waals surface area (Å²) in [5, 5.41) is 14.1. The van der Waals surface area contributed by atoms with Crippen molar-refractivity contribution in [2.45, 2.75) is 52.9 Å². The molecule has 10 heteroatoms. The van der Waals surface area contributed by atoms with Crippen LogP contribution in [0.15, 0.2) is 24.3 Å². The summed E-state index contributed by atoms with van der Waals surface area (Å²) in [7, 11) is 0. The Bertz CT molecular complexity index is 1540. The number of hydrogen-bond donors (Lipinski definition) is 2. The van der Waals surface area contributed by atoms with Crippen LogP contribution in [0.4, 0.5) is 20.2 Å². The molecule has 0 unspecified atom stereocenters. The molecule has 0 bridgehead atoms. The smallest absolute Gasteiger partial charge is 0.337 e. The van der Waals surface area contributed by atoms with Crippen molar-refractivity contribution in [3.63, 3.8) is 0 Å². The number of carbonyl (C=O) groups is 1. The molecule has 0 saturated carbocycles. The Hall–Kier alpha value is -3.01. The molecule has 2 aliphatic rings. The Kier molecular flexibility index (Phi) is 7.44. The third kappa shape index (κ3) is 4.67. The van der Waals surface area contributed by atoms with Crippen LogP contribution in [0.3, 0.4) is 0 Å². The van der Waals surface area contributed by atoms with E-state index in [-0.39, 0.29) is 17.7 Å². The molecule has 2 N–H and O–H groups in total. The first kappa shape index (κ1) is 28.5. The average Bonchev–Trinajstić information content (AvgIpc) is 2.90. The lowest BCUT2D eigenvalue weighted by molar-refractivity contribution is -0.160. The number of ether oxygens (including phenoxy) is 2. The molecule has 0 aliphatic carbocycles. The molecular weight excluding hydrogens is 558 g/mol. The van der Waals surface area contributed by atoms with Gasteiger partial charge < -0.3 is 24.2 Å². The maximum Gasteiger partial charge on any atom is 0.337 e. The summed E-state index contributed by atoms with van der Waals surface area (Å²) in [4.78, 5) is 12.8. The zero-order chi connectivity index (χ0) is 29.1. The third-order valence-corrected chi connectivity index (χ3v) is 8.38. The molecule has 0 saturated heterocycles. The highest BCUT2D eigenvalue weighted by atomic mass is 35.5. The lowest BCUT2D eigenvalue weighted by atomic mass is 9.79. The second kappa shape index (κ2) is 10.4. The van der Waals surface area contributed by atoms with E-state index in [1.807, 2.05) is 10.6 Å². The van der Waals surface area contributed by atoms with E-state index in [1.165, 1.54) is 11.9 Å². The maximum absolute atomic E-state index is 15.6. The van der Waals surface area contributed by atoms with Crippen molar-refractivity contribution in [3.8, 4) is 28.0 Å². The van der Waals surface area contributed by atoms with Crippen LogP contribution in [-0.4, -0.2) is 36.1 Å². The van der Waals surface area contributed by atoms with Crippen molar-refractivity contribution in [2.24, 2.45) is 0 Å². The highest BCUT2D eigenvalue weighted by Gasteiger charge is 2.38. The van der Waals surface area contributed by atoms with Gasteiger partial charge in [-0.1, -0.05) is 23.5 Å². The Morgan fingerprint density at radius 1 is 1.12 bits per heavy atom. The monoisotopic (exact) mass is 588 g/mol. The number of carboxylic acid groups (broad SMARTS) is 1. The standard InChI is InChI=1S/C30H31ClF2N2O4S/c1-14-21(16-7-10-20-26(25(16)31)34-11-12-38-20)23(28(29(36)37)39-30(3,4)5)15(2)27-22(14)24-17(13-35(27)40-6)18(32)8-9-19(24)33/h7-10,28,34H,11-13H2,1-6H3,(H,36,37)/t28-/m0/s1. The number of fused-ring (bicyclic) bond motifs is 4. The Morgan fingerprint density at radius 3 is 2.48 bits per heavy atom. The summed E-state index contributed by atoms with van der Waals surface area (Å²) in [5.74, 6) is -1.64. The van der Waals surface area contributed by atoms with Crippen molar-refractivity contribution in [1.82, 2.24) is 0 Å². The number of nitrogens with one attached hydrogen (secondary N) is 1. The van der Waals surface area contributed by atoms with Crippen molar-refractivity contribution < 1.29 is 28.2 Å². The van der Waals surface area contributed by atoms with Gasteiger partial charge >= 0.3 is 5.97 Å². The molecule has 2 heterocycles. The van der Waals surface area contributed by atoms with Crippen molar-refractivity contribution in [3.05, 3.63) is 63.2 Å². The molecular formula is C30H31ClF2N2O4S. The van der Waals surface area contributed by atoms with Crippen LogP contribution in [0.2, 0.25) is 5.02 Å². The molecule has 0 spiro atoms. The maximum atomic E-state index is 15.6. The number of nitrogens with zero attached hydrogens (tertiary/aromatic N) is 1. The molecule has 40 heavy (non-hydrogen) atoms. The van der Waals surface area contributed by atoms with Gasteiger partial charge in [-0.15, -0.1) is 0 Å². The van der Waals surface area contributed by atoms with Gasteiger partial charge in [0.15, 0.2) is 6.10 Å². The molecule has 1 atom stereocenters. The van der Waals surface area contributed by atoms with Gasteiger partial charge in [0.2, 0.25) is 0 Å². The van der Waals surface area contributed by atoms with Crippen molar-refractivity contribution >= 4 is 40.9 Å². The van der Waals surface area contributed by atoms with E-state index in [2.05, 4.69) is 5.32 Å². The molecule has 3 aromatic carbocycles. The molecule has 2 aliphatic heterocycles.